The molecule has 0 saturated carbocycles. The lowest BCUT2D eigenvalue weighted by Gasteiger charge is -2.39. The molecule has 2 aromatic carbocycles. The highest BCUT2D eigenvalue weighted by Gasteiger charge is 2.39. The van der Waals surface area contributed by atoms with Crippen LogP contribution in [-0.2, 0) is 20.7 Å². The van der Waals surface area contributed by atoms with E-state index < -0.39 is 42.0 Å². The van der Waals surface area contributed by atoms with E-state index in [-0.39, 0.29) is 29.9 Å². The zero-order chi connectivity index (χ0) is 37.8. The van der Waals surface area contributed by atoms with Gasteiger partial charge in [0.15, 0.2) is 0 Å². The van der Waals surface area contributed by atoms with E-state index in [1.165, 1.54) is 0 Å². The molecule has 4 rings (SSSR count). The zero-order valence-electron chi connectivity index (χ0n) is 32.1. The summed E-state index contributed by atoms with van der Waals surface area (Å²) in [6, 6.07) is 10.4. The van der Waals surface area contributed by atoms with Crippen LogP contribution in [0, 0.1) is 12.3 Å². The Labute approximate surface area is 304 Å². The summed E-state index contributed by atoms with van der Waals surface area (Å²) in [6.45, 7) is 14.5. The molecule has 5 atom stereocenters. The van der Waals surface area contributed by atoms with E-state index in [4.69, 9.17) is 4.74 Å². The van der Waals surface area contributed by atoms with Gasteiger partial charge >= 0.3 is 0 Å². The fraction of sp³-hybridized carbons (Fsp3) is 0.610. The topological polar surface area (TPSA) is 143 Å². The van der Waals surface area contributed by atoms with E-state index in [1.807, 2.05) is 43.0 Å². The Hall–Kier alpha value is -3.28. The highest BCUT2D eigenvalue weighted by Crippen LogP contribution is 2.40. The number of ether oxygens (including phenoxy) is 1. The number of aryl methyl sites for hydroxylation is 1. The highest BCUT2D eigenvalue weighted by molar-refractivity contribution is 5.93. The van der Waals surface area contributed by atoms with E-state index in [9.17, 15) is 30.0 Å². The smallest absolute Gasteiger partial charge is 0.247 e. The quantitative estimate of drug-likeness (QED) is 0.211. The first-order valence-electron chi connectivity index (χ1n) is 18.4. The maximum absolute atomic E-state index is 13.5. The number of aromatic hydroxyl groups is 1. The van der Waals surface area contributed by atoms with Gasteiger partial charge in [-0.15, -0.1) is 0 Å². The fourth-order valence-corrected chi connectivity index (χ4v) is 7.15. The Kier molecular flexibility index (Phi) is 13.2. The highest BCUT2D eigenvalue weighted by atomic mass is 16.5. The second kappa shape index (κ2) is 16.6. The van der Waals surface area contributed by atoms with Gasteiger partial charge in [0.25, 0.3) is 0 Å². The molecule has 2 heterocycles. The number of phenolic OH excluding ortho intramolecular Hbond substituents is 1. The van der Waals surface area contributed by atoms with Crippen LogP contribution in [0.15, 0.2) is 36.4 Å². The number of rotatable bonds is 12. The molecular weight excluding hydrogens is 646 g/mol. The number of nitrogens with zero attached hydrogens (tertiary/aromatic N) is 2. The molecule has 2 amide bonds. The Morgan fingerprint density at radius 1 is 1.08 bits per heavy atom. The molecule has 0 aromatic heterocycles. The molecule has 2 aliphatic heterocycles. The van der Waals surface area contributed by atoms with Crippen LogP contribution in [0.1, 0.15) is 113 Å². The van der Waals surface area contributed by atoms with Gasteiger partial charge in [0.1, 0.15) is 23.5 Å². The number of amides is 2. The molecule has 0 bridgehead atoms. The van der Waals surface area contributed by atoms with Crippen molar-refractivity contribution >= 4 is 17.9 Å². The molecule has 51 heavy (non-hydrogen) atoms. The standard InChI is InChI=1S/C41H61N3O7/c1-10-25(2)31-22-33(46)32(35-23-34(47)37(48)36(24-45)51-35)21-29(31)20-28-12-11-27(19-26(28)3)13-16-40(4,5)38(49)42-41(6,7)39(50)44-17-14-30(15-18-44)43(8)9/h11-13,16,19,21-22,25,30,34-37,45-48H,10,14-15,17-18,20,23-24H2,1-9H3,(H,42,49)/b16-13+/t25?,34-,35-,36-,37?/m1/s1. The predicted molar refractivity (Wildman–Crippen MR) is 200 cm³/mol. The van der Waals surface area contributed by atoms with Gasteiger partial charge < -0.3 is 40.3 Å². The minimum absolute atomic E-state index is 0.0618. The lowest BCUT2D eigenvalue weighted by Crippen LogP contribution is -2.59. The van der Waals surface area contributed by atoms with Crippen molar-refractivity contribution in [1.29, 1.82) is 0 Å². The first-order chi connectivity index (χ1) is 23.9. The predicted octanol–water partition coefficient (Wildman–Crippen LogP) is 4.84. The molecule has 2 fully saturated rings. The van der Waals surface area contributed by atoms with Crippen LogP contribution >= 0.6 is 0 Å². The lowest BCUT2D eigenvalue weighted by atomic mass is 9.85. The molecule has 0 aliphatic carbocycles. The Morgan fingerprint density at radius 3 is 2.33 bits per heavy atom. The largest absolute Gasteiger partial charge is 0.508 e. The summed E-state index contributed by atoms with van der Waals surface area (Å²) in [5, 5.41) is 44.5. The number of carbonyl (C=O) groups excluding carboxylic acids is 2. The molecule has 0 radical (unpaired) electrons. The third-order valence-electron chi connectivity index (χ3n) is 11.0. The van der Waals surface area contributed by atoms with Crippen molar-refractivity contribution < 1.29 is 34.8 Å². The first kappa shape index (κ1) is 40.5. The Morgan fingerprint density at radius 2 is 1.75 bits per heavy atom. The molecule has 2 aromatic rings. The molecule has 2 unspecified atom stereocenters. The van der Waals surface area contributed by atoms with Gasteiger partial charge in [-0.2, -0.15) is 0 Å². The maximum Gasteiger partial charge on any atom is 0.247 e. The number of aliphatic hydroxyl groups excluding tert-OH is 3. The van der Waals surface area contributed by atoms with E-state index in [0.29, 0.717) is 31.1 Å². The zero-order valence-corrected chi connectivity index (χ0v) is 32.1. The van der Waals surface area contributed by atoms with Crippen molar-refractivity contribution in [2.45, 2.75) is 122 Å². The van der Waals surface area contributed by atoms with Crippen molar-refractivity contribution in [3.05, 3.63) is 69.8 Å². The van der Waals surface area contributed by atoms with Gasteiger partial charge in [0.2, 0.25) is 11.8 Å². The monoisotopic (exact) mass is 707 g/mol. The van der Waals surface area contributed by atoms with Crippen LogP contribution < -0.4 is 5.32 Å². The van der Waals surface area contributed by atoms with Crippen LogP contribution in [0.2, 0.25) is 0 Å². The van der Waals surface area contributed by atoms with Crippen molar-refractivity contribution in [2.75, 3.05) is 33.8 Å². The molecule has 0 spiro atoms. The number of aliphatic hydroxyl groups is 3. The fourth-order valence-electron chi connectivity index (χ4n) is 7.15. The van der Waals surface area contributed by atoms with Crippen LogP contribution in [0.5, 0.6) is 5.75 Å². The summed E-state index contributed by atoms with van der Waals surface area (Å²) in [5.74, 6) is -0.0197. The van der Waals surface area contributed by atoms with E-state index in [2.05, 4.69) is 57.2 Å². The van der Waals surface area contributed by atoms with E-state index >= 15 is 0 Å². The van der Waals surface area contributed by atoms with Gasteiger partial charge in [-0.3, -0.25) is 9.59 Å². The van der Waals surface area contributed by atoms with Crippen molar-refractivity contribution in [1.82, 2.24) is 15.1 Å². The Balaban J connectivity index is 1.48. The molecule has 2 aliphatic rings. The number of phenols is 1. The summed E-state index contributed by atoms with van der Waals surface area (Å²) in [7, 11) is 4.14. The molecular formula is C41H61N3O7. The van der Waals surface area contributed by atoms with Gasteiger partial charge in [0.05, 0.1) is 24.2 Å². The van der Waals surface area contributed by atoms with E-state index in [0.717, 1.165) is 47.1 Å². The average molecular weight is 708 g/mol. The second-order valence-electron chi connectivity index (χ2n) is 16.0. The maximum atomic E-state index is 13.5. The molecule has 2 saturated heterocycles. The van der Waals surface area contributed by atoms with Gasteiger partial charge in [-0.1, -0.05) is 44.2 Å². The minimum Gasteiger partial charge on any atom is -0.508 e. The van der Waals surface area contributed by atoms with Gasteiger partial charge in [0, 0.05) is 31.1 Å². The SMILES string of the molecule is CCC(C)c1cc(O)c([C@H]2C[C@@H](O)C(O)[C@@H](CO)O2)cc1Cc1ccc(/C=C/C(C)(C)C(=O)NC(C)(C)C(=O)N2CCC(N(C)C)CC2)cc1C. The third kappa shape index (κ3) is 9.59. The van der Waals surface area contributed by atoms with Gasteiger partial charge in [-0.05, 0) is 120 Å². The van der Waals surface area contributed by atoms with Crippen molar-refractivity contribution in [3.8, 4) is 5.75 Å². The number of piperidine rings is 1. The molecule has 5 N–H and O–H groups in total. The van der Waals surface area contributed by atoms with Gasteiger partial charge in [-0.25, -0.2) is 0 Å². The van der Waals surface area contributed by atoms with Crippen LogP contribution in [-0.4, -0.2) is 106 Å². The summed E-state index contributed by atoms with van der Waals surface area (Å²) in [6.07, 6.45) is 3.35. The summed E-state index contributed by atoms with van der Waals surface area (Å²) < 4.78 is 5.93. The number of likely N-dealkylation sites (tertiary alicyclic amines) is 1. The first-order valence-corrected chi connectivity index (χ1v) is 18.4. The molecule has 10 nitrogen and oxygen atoms in total. The molecule has 282 valence electrons. The summed E-state index contributed by atoms with van der Waals surface area (Å²) >= 11 is 0. The number of nitrogens with one attached hydrogen (secondary N) is 1. The van der Waals surface area contributed by atoms with Crippen LogP contribution in [0.25, 0.3) is 6.08 Å². The van der Waals surface area contributed by atoms with Crippen LogP contribution in [0.3, 0.4) is 0 Å². The number of hydrogen-bond acceptors (Lipinski definition) is 8. The van der Waals surface area contributed by atoms with E-state index in [1.54, 1.807) is 19.9 Å². The summed E-state index contributed by atoms with van der Waals surface area (Å²) in [5.41, 5.74) is 3.82. The average Bonchev–Trinajstić information content (AvgIpc) is 3.09. The number of hydrogen-bond donors (Lipinski definition) is 5. The second-order valence-corrected chi connectivity index (χ2v) is 16.0. The van der Waals surface area contributed by atoms with Crippen molar-refractivity contribution in [3.63, 3.8) is 0 Å². The van der Waals surface area contributed by atoms with Crippen molar-refractivity contribution in [2.24, 2.45) is 5.41 Å². The number of benzene rings is 2. The third-order valence-corrected chi connectivity index (χ3v) is 11.0. The molecule has 10 heteroatoms. The lowest BCUT2D eigenvalue weighted by molar-refractivity contribution is -0.181. The Bertz CT molecular complexity index is 1560. The van der Waals surface area contributed by atoms with Crippen LogP contribution in [0.4, 0.5) is 0 Å². The summed E-state index contributed by atoms with van der Waals surface area (Å²) in [4.78, 5) is 31.0. The normalized spacial score (nSPS) is 22.8. The minimum atomic E-state index is -1.19. The number of carbonyl (C=O) groups is 2.